The fourth-order valence-electron chi connectivity index (χ4n) is 3.34. The highest BCUT2D eigenvalue weighted by atomic mass is 35.5. The molecule has 0 bridgehead atoms. The van der Waals surface area contributed by atoms with E-state index in [1.165, 1.54) is 14.2 Å². The first-order valence-electron chi connectivity index (χ1n) is 9.35. The Morgan fingerprint density at radius 3 is 2.60 bits per heavy atom. The number of hydrogen-bond donors (Lipinski definition) is 0. The van der Waals surface area contributed by atoms with Crippen LogP contribution in [-0.2, 0) is 25.8 Å². The summed E-state index contributed by atoms with van der Waals surface area (Å²) < 4.78 is 4.79. The van der Waals surface area contributed by atoms with Gasteiger partial charge in [-0.05, 0) is 37.0 Å². The molecule has 0 radical (unpaired) electrons. The largest absolute Gasteiger partial charge is 0.464 e. The number of carbonyl (C=O) groups excluding carboxylic acids is 1. The number of hydrogen-bond acceptors (Lipinski definition) is 6. The first kappa shape index (κ1) is 22.1. The Balaban J connectivity index is 1.67. The number of nitrogens with zero attached hydrogens (tertiary/aromatic N) is 2. The molecule has 1 saturated carbocycles. The van der Waals surface area contributed by atoms with Crippen LogP contribution < -0.4 is 0 Å². The van der Waals surface area contributed by atoms with Crippen molar-refractivity contribution in [3.8, 4) is 0 Å². The van der Waals surface area contributed by atoms with Crippen LogP contribution in [0.15, 0.2) is 52.8 Å². The minimum atomic E-state index is -0.593. The number of rotatable bonds is 8. The van der Waals surface area contributed by atoms with Gasteiger partial charge in [0.05, 0.1) is 12.8 Å². The zero-order valence-electron chi connectivity index (χ0n) is 16.9. The van der Waals surface area contributed by atoms with Crippen molar-refractivity contribution in [3.05, 3.63) is 69.2 Å². The summed E-state index contributed by atoms with van der Waals surface area (Å²) in [7, 11) is 2.66. The zero-order chi connectivity index (χ0) is 21.7. The van der Waals surface area contributed by atoms with E-state index in [-0.39, 0.29) is 18.2 Å². The Morgan fingerprint density at radius 2 is 1.90 bits per heavy atom. The predicted molar refractivity (Wildman–Crippen MR) is 117 cm³/mol. The fourth-order valence-corrected chi connectivity index (χ4v) is 3.88. The molecule has 1 aliphatic carbocycles. The monoisotopic (exact) mass is 448 g/mol. The van der Waals surface area contributed by atoms with Crippen molar-refractivity contribution in [2.75, 3.05) is 14.2 Å². The molecule has 30 heavy (non-hydrogen) atoms. The number of halogens is 2. The smallest absolute Gasteiger partial charge is 0.360 e. The summed E-state index contributed by atoms with van der Waals surface area (Å²) >= 11 is 12.3. The maximum Gasteiger partial charge on any atom is 0.360 e. The first-order valence-corrected chi connectivity index (χ1v) is 10.1. The lowest BCUT2D eigenvalue weighted by atomic mass is 10.0. The van der Waals surface area contributed by atoms with Crippen LogP contribution in [0.5, 0.6) is 0 Å². The van der Waals surface area contributed by atoms with Gasteiger partial charge in [-0.25, -0.2) is 4.79 Å². The van der Waals surface area contributed by atoms with E-state index in [9.17, 15) is 4.79 Å². The average molecular weight is 449 g/mol. The summed E-state index contributed by atoms with van der Waals surface area (Å²) in [5.41, 5.74) is 3.34. The predicted octanol–water partition coefficient (Wildman–Crippen LogP) is 5.21. The Bertz CT molecular complexity index is 991. The number of benzene rings is 2. The van der Waals surface area contributed by atoms with E-state index in [1.807, 2.05) is 31.2 Å². The van der Waals surface area contributed by atoms with Gasteiger partial charge >= 0.3 is 5.97 Å². The highest BCUT2D eigenvalue weighted by Gasteiger charge is 2.41. The van der Waals surface area contributed by atoms with E-state index in [0.717, 1.165) is 23.3 Å². The highest BCUT2D eigenvalue weighted by Crippen LogP contribution is 2.50. The first-order chi connectivity index (χ1) is 14.5. The summed E-state index contributed by atoms with van der Waals surface area (Å²) in [5, 5.41) is 9.36. The molecular weight excluding hydrogens is 427 g/mol. The number of carbonyl (C=O) groups is 1. The molecule has 1 aliphatic rings. The summed E-state index contributed by atoms with van der Waals surface area (Å²) in [6.45, 7) is 2.11. The van der Waals surface area contributed by atoms with E-state index >= 15 is 0 Å². The topological polar surface area (TPSA) is 69.5 Å². The van der Waals surface area contributed by atoms with Crippen LogP contribution >= 0.6 is 23.2 Å². The molecule has 0 N–H and O–H groups in total. The van der Waals surface area contributed by atoms with Crippen LogP contribution in [0.1, 0.15) is 36.0 Å². The summed E-state index contributed by atoms with van der Waals surface area (Å²) in [4.78, 5) is 22.4. The number of oxime groups is 2. The third kappa shape index (κ3) is 5.12. The maximum atomic E-state index is 12.0. The van der Waals surface area contributed by atoms with Crippen molar-refractivity contribution in [2.45, 2.75) is 25.9 Å². The average Bonchev–Trinajstić information content (AvgIpc) is 3.52. The van der Waals surface area contributed by atoms with Crippen molar-refractivity contribution in [1.82, 2.24) is 0 Å². The molecule has 0 heterocycles. The van der Waals surface area contributed by atoms with E-state index in [1.54, 1.807) is 18.2 Å². The number of methoxy groups -OCH3 is 1. The molecule has 1 fully saturated rings. The van der Waals surface area contributed by atoms with Crippen molar-refractivity contribution in [1.29, 1.82) is 0 Å². The lowest BCUT2D eigenvalue weighted by Gasteiger charge is -2.10. The molecule has 0 saturated heterocycles. The number of ether oxygens (including phenoxy) is 1. The molecule has 3 rings (SSSR count). The summed E-state index contributed by atoms with van der Waals surface area (Å²) in [5.74, 6) is -0.00147. The standard InChI is InChI=1S/C22H22Cl2N2O4/c1-13(18-11-19(18)17-9-8-15(23)10-20(17)24)25-30-12-14-6-4-5-7-16(14)21(26-29-3)22(27)28-2/h4-10,18-19H,11-12H2,1-3H3/b25-13+,26-21-. The molecule has 2 unspecified atom stereocenters. The van der Waals surface area contributed by atoms with Crippen LogP contribution in [0.2, 0.25) is 10.0 Å². The Labute approximate surface area is 185 Å². The molecule has 158 valence electrons. The van der Waals surface area contributed by atoms with Gasteiger partial charge in [0.25, 0.3) is 0 Å². The molecule has 0 spiro atoms. The van der Waals surface area contributed by atoms with Crippen molar-refractivity contribution >= 4 is 40.6 Å². The maximum absolute atomic E-state index is 12.0. The van der Waals surface area contributed by atoms with Crippen molar-refractivity contribution < 1.29 is 19.2 Å². The quantitative estimate of drug-likeness (QED) is 0.315. The van der Waals surface area contributed by atoms with Gasteiger partial charge in [0, 0.05) is 27.1 Å². The minimum absolute atomic E-state index is 0.0690. The second kappa shape index (κ2) is 9.96. The molecule has 6 nitrogen and oxygen atoms in total. The van der Waals surface area contributed by atoms with Crippen LogP contribution in [-0.4, -0.2) is 31.6 Å². The van der Waals surface area contributed by atoms with Gasteiger partial charge in [-0.3, -0.25) is 0 Å². The molecule has 0 aromatic heterocycles. The van der Waals surface area contributed by atoms with Crippen LogP contribution in [0.25, 0.3) is 0 Å². The van der Waals surface area contributed by atoms with E-state index < -0.39 is 5.97 Å². The second-order valence-corrected chi connectivity index (χ2v) is 7.74. The molecule has 0 amide bonds. The van der Waals surface area contributed by atoms with Gasteiger partial charge in [-0.15, -0.1) is 0 Å². The molecule has 2 atom stereocenters. The molecular formula is C22H22Cl2N2O4. The molecule has 0 aliphatic heterocycles. The van der Waals surface area contributed by atoms with Crippen LogP contribution in [0.3, 0.4) is 0 Å². The Morgan fingerprint density at radius 1 is 1.13 bits per heavy atom. The second-order valence-electron chi connectivity index (χ2n) is 6.89. The van der Waals surface area contributed by atoms with Gasteiger partial charge in [0.1, 0.15) is 13.7 Å². The van der Waals surface area contributed by atoms with Gasteiger partial charge < -0.3 is 14.4 Å². The minimum Gasteiger partial charge on any atom is -0.464 e. The van der Waals surface area contributed by atoms with E-state index in [2.05, 4.69) is 10.3 Å². The molecule has 2 aromatic carbocycles. The zero-order valence-corrected chi connectivity index (χ0v) is 18.4. The Hall–Kier alpha value is -2.57. The van der Waals surface area contributed by atoms with Gasteiger partial charge in [0.2, 0.25) is 0 Å². The van der Waals surface area contributed by atoms with E-state index in [0.29, 0.717) is 21.5 Å². The molecule has 8 heteroatoms. The summed E-state index contributed by atoms with van der Waals surface area (Å²) in [6, 6.07) is 12.8. The fraction of sp³-hybridized carbons (Fsp3) is 0.318. The van der Waals surface area contributed by atoms with Gasteiger partial charge in [-0.1, -0.05) is 63.8 Å². The van der Waals surface area contributed by atoms with Gasteiger partial charge in [0.15, 0.2) is 5.71 Å². The van der Waals surface area contributed by atoms with Gasteiger partial charge in [-0.2, -0.15) is 0 Å². The van der Waals surface area contributed by atoms with Crippen molar-refractivity contribution in [3.63, 3.8) is 0 Å². The Kier molecular flexibility index (Phi) is 7.34. The molecule has 2 aromatic rings. The lowest BCUT2D eigenvalue weighted by Crippen LogP contribution is -2.19. The normalized spacial score (nSPS) is 18.7. The third-order valence-electron chi connectivity index (χ3n) is 4.95. The van der Waals surface area contributed by atoms with Crippen LogP contribution in [0, 0.1) is 5.92 Å². The van der Waals surface area contributed by atoms with Crippen LogP contribution in [0.4, 0.5) is 0 Å². The lowest BCUT2D eigenvalue weighted by molar-refractivity contribution is -0.132. The van der Waals surface area contributed by atoms with Crippen molar-refractivity contribution in [2.24, 2.45) is 16.2 Å². The highest BCUT2D eigenvalue weighted by molar-refractivity contribution is 6.43. The van der Waals surface area contributed by atoms with E-state index in [4.69, 9.17) is 37.6 Å². The number of esters is 1. The third-order valence-corrected chi connectivity index (χ3v) is 5.51. The SMILES string of the molecule is CO/N=C(\C(=O)OC)c1ccccc1CO/N=C(\C)C1CC1c1ccc(Cl)cc1Cl. The summed E-state index contributed by atoms with van der Waals surface area (Å²) in [6.07, 6.45) is 0.962.